The zero-order chi connectivity index (χ0) is 19.1. The first-order valence-electron chi connectivity index (χ1n) is 8.06. The molecule has 138 valence electrons. The third-order valence-electron chi connectivity index (χ3n) is 3.64. The predicted molar refractivity (Wildman–Crippen MR) is 104 cm³/mol. The van der Waals surface area contributed by atoms with E-state index in [9.17, 15) is 9.59 Å². The van der Waals surface area contributed by atoms with Crippen molar-refractivity contribution in [2.75, 3.05) is 37.9 Å². The highest BCUT2D eigenvalue weighted by Gasteiger charge is 2.12. The van der Waals surface area contributed by atoms with Crippen molar-refractivity contribution < 1.29 is 14.3 Å². The number of amides is 2. The van der Waals surface area contributed by atoms with Crippen LogP contribution in [0.2, 0.25) is 5.02 Å². The van der Waals surface area contributed by atoms with Crippen LogP contribution in [0.25, 0.3) is 0 Å². The third-order valence-corrected chi connectivity index (χ3v) is 4.04. The molecule has 2 amide bonds. The zero-order valence-electron chi connectivity index (χ0n) is 15.0. The van der Waals surface area contributed by atoms with Crippen LogP contribution >= 0.6 is 11.6 Å². The van der Waals surface area contributed by atoms with E-state index in [2.05, 4.69) is 10.6 Å². The average molecular weight is 376 g/mol. The molecule has 2 aromatic rings. The Morgan fingerprint density at radius 2 is 1.65 bits per heavy atom. The molecule has 0 bridgehead atoms. The minimum absolute atomic E-state index is 0.0804. The number of nitrogens with zero attached hydrogens (tertiary/aromatic N) is 1. The molecule has 0 saturated heterocycles. The summed E-state index contributed by atoms with van der Waals surface area (Å²) in [5.41, 5.74) is 2.21. The molecule has 2 rings (SSSR count). The lowest BCUT2D eigenvalue weighted by atomic mass is 10.2. The highest BCUT2D eigenvalue weighted by molar-refractivity contribution is 6.31. The Morgan fingerprint density at radius 1 is 1.04 bits per heavy atom. The maximum absolute atomic E-state index is 12.1. The molecule has 2 N–H and O–H groups in total. The normalized spacial score (nSPS) is 10.5. The van der Waals surface area contributed by atoms with Crippen LogP contribution in [-0.4, -0.2) is 44.0 Å². The van der Waals surface area contributed by atoms with Crippen LogP contribution in [-0.2, 0) is 9.59 Å². The summed E-state index contributed by atoms with van der Waals surface area (Å²) in [6.45, 7) is 2.05. The van der Waals surface area contributed by atoms with Crippen molar-refractivity contribution >= 4 is 34.8 Å². The molecule has 0 unspecified atom stereocenters. The Balaban J connectivity index is 1.82. The topological polar surface area (TPSA) is 70.7 Å². The van der Waals surface area contributed by atoms with Crippen LogP contribution in [0.3, 0.4) is 0 Å². The van der Waals surface area contributed by atoms with Gasteiger partial charge in [0.05, 0.1) is 20.2 Å². The van der Waals surface area contributed by atoms with Gasteiger partial charge < -0.3 is 15.4 Å². The lowest BCUT2D eigenvalue weighted by Gasteiger charge is -2.16. The standard InChI is InChI=1S/C19H22ClN3O3/c1-13-7-8-15(10-17(13)20)22-19(25)12-23(2)11-18(24)21-14-5-4-6-16(9-14)26-3/h4-10H,11-12H2,1-3H3,(H,21,24)(H,22,25). The number of carbonyl (C=O) groups excluding carboxylic acids is 2. The highest BCUT2D eigenvalue weighted by atomic mass is 35.5. The van der Waals surface area contributed by atoms with Crippen LogP contribution in [0.15, 0.2) is 42.5 Å². The molecule has 0 spiro atoms. The number of carbonyl (C=O) groups is 2. The van der Waals surface area contributed by atoms with Gasteiger partial charge in [0.1, 0.15) is 5.75 Å². The van der Waals surface area contributed by atoms with Gasteiger partial charge in [-0.2, -0.15) is 0 Å². The van der Waals surface area contributed by atoms with Gasteiger partial charge in [0.2, 0.25) is 11.8 Å². The summed E-state index contributed by atoms with van der Waals surface area (Å²) in [7, 11) is 3.27. The maximum atomic E-state index is 12.1. The number of aryl methyl sites for hydroxylation is 1. The molecule has 26 heavy (non-hydrogen) atoms. The number of nitrogens with one attached hydrogen (secondary N) is 2. The molecule has 0 saturated carbocycles. The second-order valence-corrected chi connectivity index (χ2v) is 6.37. The van der Waals surface area contributed by atoms with Crippen molar-refractivity contribution in [3.8, 4) is 5.75 Å². The Labute approximate surface area is 158 Å². The van der Waals surface area contributed by atoms with Gasteiger partial charge >= 0.3 is 0 Å². The van der Waals surface area contributed by atoms with Crippen molar-refractivity contribution in [2.45, 2.75) is 6.92 Å². The summed E-state index contributed by atoms with van der Waals surface area (Å²) >= 11 is 6.05. The molecule has 2 aromatic carbocycles. The van der Waals surface area contributed by atoms with Gasteiger partial charge in [-0.15, -0.1) is 0 Å². The van der Waals surface area contributed by atoms with Gasteiger partial charge in [-0.3, -0.25) is 14.5 Å². The summed E-state index contributed by atoms with van der Waals surface area (Å²) in [5, 5.41) is 6.13. The molecule has 0 aliphatic rings. The number of benzene rings is 2. The summed E-state index contributed by atoms with van der Waals surface area (Å²) in [6.07, 6.45) is 0. The number of methoxy groups -OCH3 is 1. The molecule has 0 radical (unpaired) electrons. The van der Waals surface area contributed by atoms with E-state index in [-0.39, 0.29) is 24.9 Å². The molecular formula is C19H22ClN3O3. The third kappa shape index (κ3) is 6.06. The maximum Gasteiger partial charge on any atom is 0.238 e. The van der Waals surface area contributed by atoms with Gasteiger partial charge in [0, 0.05) is 22.5 Å². The summed E-state index contributed by atoms with van der Waals surface area (Å²) in [4.78, 5) is 25.8. The van der Waals surface area contributed by atoms with E-state index in [0.29, 0.717) is 22.1 Å². The number of hydrogen-bond donors (Lipinski definition) is 2. The van der Waals surface area contributed by atoms with Crippen LogP contribution in [0.4, 0.5) is 11.4 Å². The van der Waals surface area contributed by atoms with E-state index in [1.807, 2.05) is 13.0 Å². The van der Waals surface area contributed by atoms with Gasteiger partial charge in [0.15, 0.2) is 0 Å². The second-order valence-electron chi connectivity index (χ2n) is 5.96. The zero-order valence-corrected chi connectivity index (χ0v) is 15.8. The van der Waals surface area contributed by atoms with Crippen molar-refractivity contribution in [2.24, 2.45) is 0 Å². The van der Waals surface area contributed by atoms with E-state index in [0.717, 1.165) is 5.56 Å². The number of halogens is 1. The van der Waals surface area contributed by atoms with E-state index in [4.69, 9.17) is 16.3 Å². The van der Waals surface area contributed by atoms with Crippen molar-refractivity contribution in [1.82, 2.24) is 4.90 Å². The molecular weight excluding hydrogens is 354 g/mol. The van der Waals surface area contributed by atoms with Crippen LogP contribution in [0.1, 0.15) is 5.56 Å². The molecule has 0 aliphatic heterocycles. The molecule has 7 heteroatoms. The predicted octanol–water partition coefficient (Wildman–Crippen LogP) is 3.17. The monoisotopic (exact) mass is 375 g/mol. The first kappa shape index (κ1) is 19.8. The average Bonchev–Trinajstić information content (AvgIpc) is 2.57. The Bertz CT molecular complexity index is 795. The van der Waals surface area contributed by atoms with E-state index >= 15 is 0 Å². The van der Waals surface area contributed by atoms with Gasteiger partial charge in [-0.05, 0) is 43.8 Å². The van der Waals surface area contributed by atoms with E-state index < -0.39 is 0 Å². The first-order valence-corrected chi connectivity index (χ1v) is 8.43. The molecule has 0 heterocycles. The quantitative estimate of drug-likeness (QED) is 0.779. The SMILES string of the molecule is COc1cccc(NC(=O)CN(C)CC(=O)Nc2ccc(C)c(Cl)c2)c1. The van der Waals surface area contributed by atoms with Gasteiger partial charge in [0.25, 0.3) is 0 Å². The van der Waals surface area contributed by atoms with Crippen molar-refractivity contribution in [3.63, 3.8) is 0 Å². The Morgan fingerprint density at radius 3 is 2.23 bits per heavy atom. The fourth-order valence-electron chi connectivity index (χ4n) is 2.32. The van der Waals surface area contributed by atoms with Crippen LogP contribution < -0.4 is 15.4 Å². The number of hydrogen-bond acceptors (Lipinski definition) is 4. The highest BCUT2D eigenvalue weighted by Crippen LogP contribution is 2.20. The number of rotatable bonds is 7. The Kier molecular flexibility index (Phi) is 7.00. The van der Waals surface area contributed by atoms with E-state index in [1.54, 1.807) is 55.5 Å². The second kappa shape index (κ2) is 9.22. The number of likely N-dealkylation sites (N-methyl/N-ethyl adjacent to an activating group) is 1. The number of ether oxygens (including phenoxy) is 1. The Hall–Kier alpha value is -2.57. The molecule has 0 aromatic heterocycles. The lowest BCUT2D eigenvalue weighted by molar-refractivity contribution is -0.119. The van der Waals surface area contributed by atoms with Crippen molar-refractivity contribution in [3.05, 3.63) is 53.1 Å². The van der Waals surface area contributed by atoms with Crippen LogP contribution in [0, 0.1) is 6.92 Å². The van der Waals surface area contributed by atoms with E-state index in [1.165, 1.54) is 0 Å². The lowest BCUT2D eigenvalue weighted by Crippen LogP contribution is -2.36. The molecule has 6 nitrogen and oxygen atoms in total. The fraction of sp³-hybridized carbons (Fsp3) is 0.263. The summed E-state index contributed by atoms with van der Waals surface area (Å²) in [5.74, 6) is 0.223. The van der Waals surface area contributed by atoms with Crippen LogP contribution in [0.5, 0.6) is 5.75 Å². The minimum Gasteiger partial charge on any atom is -0.497 e. The molecule has 0 aliphatic carbocycles. The van der Waals surface area contributed by atoms with Gasteiger partial charge in [-0.25, -0.2) is 0 Å². The van der Waals surface area contributed by atoms with Crippen molar-refractivity contribution in [1.29, 1.82) is 0 Å². The first-order chi connectivity index (χ1) is 12.4. The summed E-state index contributed by atoms with van der Waals surface area (Å²) in [6, 6.07) is 12.4. The summed E-state index contributed by atoms with van der Waals surface area (Å²) < 4.78 is 5.12. The smallest absolute Gasteiger partial charge is 0.238 e. The largest absolute Gasteiger partial charge is 0.497 e. The number of anilines is 2. The molecule has 0 atom stereocenters. The van der Waals surface area contributed by atoms with Gasteiger partial charge in [-0.1, -0.05) is 23.7 Å². The minimum atomic E-state index is -0.221. The fourth-order valence-corrected chi connectivity index (χ4v) is 2.50. The molecule has 0 fully saturated rings.